The molecular weight excluding hydrogens is 252 g/mol. The Balaban J connectivity index is 2.38. The smallest absolute Gasteiger partial charge is 0.319 e. The van der Waals surface area contributed by atoms with Gasteiger partial charge < -0.3 is 15.1 Å². The third-order valence-electron chi connectivity index (χ3n) is 2.59. The maximum atomic E-state index is 12.1. The molecule has 1 aromatic heterocycles. The van der Waals surface area contributed by atoms with Gasteiger partial charge in [-0.25, -0.2) is 4.79 Å². The largest absolute Gasteiger partial charge is 0.467 e. The number of amides is 2. The van der Waals surface area contributed by atoms with E-state index in [4.69, 9.17) is 4.42 Å². The Kier molecular flexibility index (Phi) is 3.76. The van der Waals surface area contributed by atoms with E-state index in [1.807, 2.05) is 6.92 Å². The van der Waals surface area contributed by atoms with Gasteiger partial charge in [-0.2, -0.15) is 0 Å². The third-order valence-corrected chi connectivity index (χ3v) is 3.36. The first-order chi connectivity index (χ1) is 8.63. The number of thioether (sulfide) groups is 1. The van der Waals surface area contributed by atoms with Gasteiger partial charge in [0.25, 0.3) is 0 Å². The van der Waals surface area contributed by atoms with Crippen molar-refractivity contribution in [1.29, 1.82) is 0 Å². The Hall–Kier alpha value is -1.69. The number of urea groups is 1. The van der Waals surface area contributed by atoms with Crippen LogP contribution in [0.3, 0.4) is 0 Å². The number of allylic oxidation sites excluding steroid dienone is 1. The lowest BCUT2D eigenvalue weighted by molar-refractivity contribution is -0.108. The normalized spacial score (nSPS) is 19.4. The van der Waals surface area contributed by atoms with Crippen molar-refractivity contribution in [2.45, 2.75) is 19.9 Å². The van der Waals surface area contributed by atoms with Crippen LogP contribution in [0.2, 0.25) is 0 Å². The second-order valence-electron chi connectivity index (χ2n) is 3.81. The molecule has 18 heavy (non-hydrogen) atoms. The van der Waals surface area contributed by atoms with E-state index in [2.05, 4.69) is 10.6 Å². The highest BCUT2D eigenvalue weighted by atomic mass is 32.2. The minimum atomic E-state index is -0.514. The number of nitrogens with one attached hydrogen (secondary N) is 2. The topological polar surface area (TPSA) is 71.3 Å². The molecule has 0 fully saturated rings. The number of furan rings is 1. The van der Waals surface area contributed by atoms with Crippen LogP contribution in [0, 0.1) is 0 Å². The second-order valence-corrected chi connectivity index (χ2v) is 5.04. The van der Waals surface area contributed by atoms with E-state index in [0.717, 1.165) is 0 Å². The van der Waals surface area contributed by atoms with Gasteiger partial charge in [0.2, 0.25) is 5.12 Å². The molecule has 0 aromatic carbocycles. The fourth-order valence-corrected chi connectivity index (χ4v) is 2.53. The van der Waals surface area contributed by atoms with Crippen LogP contribution in [-0.4, -0.2) is 16.9 Å². The second kappa shape index (κ2) is 5.30. The maximum absolute atomic E-state index is 12.1. The van der Waals surface area contributed by atoms with Crippen LogP contribution >= 0.6 is 11.8 Å². The molecule has 2 amide bonds. The fraction of sp³-hybridized carbons (Fsp3) is 0.333. The quantitative estimate of drug-likeness (QED) is 0.879. The van der Waals surface area contributed by atoms with E-state index < -0.39 is 6.04 Å². The molecule has 1 atom stereocenters. The van der Waals surface area contributed by atoms with Gasteiger partial charge in [0.1, 0.15) is 11.8 Å². The molecule has 0 saturated carbocycles. The summed E-state index contributed by atoms with van der Waals surface area (Å²) in [6, 6.07) is 2.63. The van der Waals surface area contributed by atoms with Crippen molar-refractivity contribution in [3.63, 3.8) is 0 Å². The fourth-order valence-electron chi connectivity index (χ4n) is 1.84. The summed E-state index contributed by atoms with van der Waals surface area (Å²) in [6.07, 6.45) is 1.52. The molecule has 0 radical (unpaired) electrons. The van der Waals surface area contributed by atoms with Gasteiger partial charge in [0.05, 0.1) is 11.8 Å². The van der Waals surface area contributed by atoms with Crippen LogP contribution in [0.15, 0.2) is 34.1 Å². The number of carbonyl (C=O) groups is 2. The first kappa shape index (κ1) is 12.8. The summed E-state index contributed by atoms with van der Waals surface area (Å²) >= 11 is 1.21. The van der Waals surface area contributed by atoms with Crippen molar-refractivity contribution < 1.29 is 14.0 Å². The monoisotopic (exact) mass is 266 g/mol. The summed E-state index contributed by atoms with van der Waals surface area (Å²) in [5, 5.41) is 5.27. The summed E-state index contributed by atoms with van der Waals surface area (Å²) in [5.74, 6) is 1.25. The summed E-state index contributed by atoms with van der Waals surface area (Å²) in [6.45, 7) is 3.63. The number of hydrogen-bond donors (Lipinski definition) is 2. The van der Waals surface area contributed by atoms with E-state index in [1.54, 1.807) is 19.1 Å². The summed E-state index contributed by atoms with van der Waals surface area (Å²) in [7, 11) is 0. The Morgan fingerprint density at radius 1 is 1.56 bits per heavy atom. The number of rotatable bonds is 3. The summed E-state index contributed by atoms with van der Waals surface area (Å²) in [5.41, 5.74) is 1.11. The van der Waals surface area contributed by atoms with Crippen LogP contribution in [0.4, 0.5) is 4.79 Å². The van der Waals surface area contributed by atoms with Gasteiger partial charge >= 0.3 is 6.03 Å². The molecule has 1 aliphatic rings. The maximum Gasteiger partial charge on any atom is 0.319 e. The zero-order chi connectivity index (χ0) is 13.1. The van der Waals surface area contributed by atoms with E-state index >= 15 is 0 Å². The molecule has 2 rings (SSSR count). The van der Waals surface area contributed by atoms with Crippen molar-refractivity contribution in [3.05, 3.63) is 35.4 Å². The van der Waals surface area contributed by atoms with Gasteiger partial charge in [-0.15, -0.1) is 0 Å². The highest BCUT2D eigenvalue weighted by molar-refractivity contribution is 8.14. The highest BCUT2D eigenvalue weighted by Gasteiger charge is 2.32. The van der Waals surface area contributed by atoms with Crippen LogP contribution < -0.4 is 10.6 Å². The first-order valence-corrected chi connectivity index (χ1v) is 6.60. The molecule has 6 heteroatoms. The van der Waals surface area contributed by atoms with Crippen LogP contribution in [0.5, 0.6) is 0 Å². The molecule has 0 spiro atoms. The van der Waals surface area contributed by atoms with Gasteiger partial charge in [-0.3, -0.25) is 4.79 Å². The third kappa shape index (κ3) is 2.43. The Labute approximate surface area is 109 Å². The van der Waals surface area contributed by atoms with Crippen molar-refractivity contribution in [3.8, 4) is 0 Å². The molecule has 5 nitrogen and oxygen atoms in total. The van der Waals surface area contributed by atoms with Gasteiger partial charge in [0.15, 0.2) is 0 Å². The molecule has 0 aliphatic carbocycles. The molecule has 1 unspecified atom stereocenters. The Morgan fingerprint density at radius 3 is 2.94 bits per heavy atom. The van der Waals surface area contributed by atoms with Crippen LogP contribution in [0.25, 0.3) is 0 Å². The van der Waals surface area contributed by atoms with Crippen molar-refractivity contribution in [2.24, 2.45) is 0 Å². The van der Waals surface area contributed by atoms with E-state index in [9.17, 15) is 9.59 Å². The lowest BCUT2D eigenvalue weighted by atomic mass is 10.0. The summed E-state index contributed by atoms with van der Waals surface area (Å²) in [4.78, 5) is 23.6. The first-order valence-electron chi connectivity index (χ1n) is 5.62. The average molecular weight is 266 g/mol. The standard InChI is InChI=1S/C12H14N2O3S/c1-3-18-11(15)9-7(2)13-12(16)14-10(9)8-5-4-6-17-8/h4-6,10H,3H2,1-2H3,(H2,13,14,16). The van der Waals surface area contributed by atoms with Crippen molar-refractivity contribution in [2.75, 3.05) is 5.75 Å². The van der Waals surface area contributed by atoms with Gasteiger partial charge in [-0.05, 0) is 24.8 Å². The average Bonchev–Trinajstić information content (AvgIpc) is 2.81. The summed E-state index contributed by atoms with van der Waals surface area (Å²) < 4.78 is 5.29. The molecule has 2 N–H and O–H groups in total. The van der Waals surface area contributed by atoms with Crippen molar-refractivity contribution in [1.82, 2.24) is 10.6 Å². The van der Waals surface area contributed by atoms with Gasteiger partial charge in [0, 0.05) is 5.70 Å². The molecule has 96 valence electrons. The van der Waals surface area contributed by atoms with Crippen LogP contribution in [-0.2, 0) is 4.79 Å². The minimum absolute atomic E-state index is 0.0519. The number of carbonyl (C=O) groups excluding carboxylic acids is 2. The molecule has 0 saturated heterocycles. The van der Waals surface area contributed by atoms with E-state index in [1.165, 1.54) is 18.0 Å². The predicted octanol–water partition coefficient (Wildman–Crippen LogP) is 2.19. The molecule has 1 aliphatic heterocycles. The van der Waals surface area contributed by atoms with Gasteiger partial charge in [-0.1, -0.05) is 18.7 Å². The Morgan fingerprint density at radius 2 is 2.33 bits per heavy atom. The molecule has 2 heterocycles. The zero-order valence-electron chi connectivity index (χ0n) is 10.1. The predicted molar refractivity (Wildman–Crippen MR) is 69.0 cm³/mol. The molecule has 0 bridgehead atoms. The molecule has 1 aromatic rings. The number of hydrogen-bond acceptors (Lipinski definition) is 4. The molecular formula is C12H14N2O3S. The SMILES string of the molecule is CCSC(=O)C1=C(C)NC(=O)NC1c1ccco1. The van der Waals surface area contributed by atoms with Crippen LogP contribution in [0.1, 0.15) is 25.6 Å². The lowest BCUT2D eigenvalue weighted by Gasteiger charge is -2.26. The van der Waals surface area contributed by atoms with E-state index in [0.29, 0.717) is 22.8 Å². The van der Waals surface area contributed by atoms with E-state index in [-0.39, 0.29) is 11.1 Å². The van der Waals surface area contributed by atoms with Crippen molar-refractivity contribution >= 4 is 22.9 Å². The minimum Gasteiger partial charge on any atom is -0.467 e. The lowest BCUT2D eigenvalue weighted by Crippen LogP contribution is -2.44. The zero-order valence-corrected chi connectivity index (χ0v) is 11.0. The highest BCUT2D eigenvalue weighted by Crippen LogP contribution is 2.30. The Bertz CT molecular complexity index is 493.